The Morgan fingerprint density at radius 1 is 1.06 bits per heavy atom. The van der Waals surface area contributed by atoms with E-state index in [2.05, 4.69) is 4.98 Å². The van der Waals surface area contributed by atoms with E-state index >= 15 is 0 Å². The van der Waals surface area contributed by atoms with Gasteiger partial charge in [0, 0.05) is 6.07 Å². The van der Waals surface area contributed by atoms with Crippen molar-refractivity contribution in [3.05, 3.63) is 48.2 Å². The van der Waals surface area contributed by atoms with Crippen molar-refractivity contribution in [2.45, 2.75) is 6.61 Å². The van der Waals surface area contributed by atoms with Crippen molar-refractivity contribution >= 4 is 0 Å². The van der Waals surface area contributed by atoms with Crippen LogP contribution < -0.4 is 9.47 Å². The molecule has 0 atom stereocenters. The summed E-state index contributed by atoms with van der Waals surface area (Å²) in [4.78, 5) is 4.09. The molecule has 17 heavy (non-hydrogen) atoms. The highest BCUT2D eigenvalue weighted by atomic mass is 16.5. The van der Waals surface area contributed by atoms with Crippen LogP contribution in [0.15, 0.2) is 42.6 Å². The molecule has 0 aliphatic rings. The molecule has 2 rings (SSSR count). The van der Waals surface area contributed by atoms with Gasteiger partial charge in [0.1, 0.15) is 11.5 Å². The van der Waals surface area contributed by atoms with Gasteiger partial charge in [0.2, 0.25) is 5.88 Å². The third-order valence-corrected chi connectivity index (χ3v) is 2.27. The van der Waals surface area contributed by atoms with Crippen LogP contribution in [0, 0.1) is 0 Å². The largest absolute Gasteiger partial charge is 0.495 e. The molecule has 0 amide bonds. The lowest BCUT2D eigenvalue weighted by atomic mass is 10.2. The lowest BCUT2D eigenvalue weighted by Crippen LogP contribution is -1.90. The average molecular weight is 231 g/mol. The minimum Gasteiger partial charge on any atom is -0.495 e. The first-order valence-electron chi connectivity index (χ1n) is 5.19. The van der Waals surface area contributed by atoms with E-state index in [0.29, 0.717) is 17.4 Å². The summed E-state index contributed by atoms with van der Waals surface area (Å²) < 4.78 is 10.5. The second kappa shape index (κ2) is 5.32. The number of ether oxygens (including phenoxy) is 2. The zero-order valence-corrected chi connectivity index (χ0v) is 9.46. The van der Waals surface area contributed by atoms with Gasteiger partial charge >= 0.3 is 0 Å². The topological polar surface area (TPSA) is 51.6 Å². The number of aliphatic hydroxyl groups is 1. The SMILES string of the molecule is COc1ccc(Oc2ccc(CO)cc2)nc1. The number of hydrogen-bond acceptors (Lipinski definition) is 4. The van der Waals surface area contributed by atoms with Crippen LogP contribution in [0.2, 0.25) is 0 Å². The van der Waals surface area contributed by atoms with Gasteiger partial charge in [-0.05, 0) is 23.8 Å². The third kappa shape index (κ3) is 2.95. The molecule has 0 spiro atoms. The fourth-order valence-electron chi connectivity index (χ4n) is 1.33. The lowest BCUT2D eigenvalue weighted by Gasteiger charge is -2.05. The predicted octanol–water partition coefficient (Wildman–Crippen LogP) is 2.37. The molecule has 4 nitrogen and oxygen atoms in total. The Bertz CT molecular complexity index is 420. The van der Waals surface area contributed by atoms with Crippen molar-refractivity contribution in [3.63, 3.8) is 0 Å². The maximum Gasteiger partial charge on any atom is 0.219 e. The molecular formula is C13H13NO3. The number of nitrogens with zero attached hydrogens (tertiary/aromatic N) is 1. The molecule has 0 saturated heterocycles. The van der Waals surface area contributed by atoms with Crippen LogP contribution in [0.25, 0.3) is 0 Å². The summed E-state index contributed by atoms with van der Waals surface area (Å²) in [5, 5.41) is 8.91. The summed E-state index contributed by atoms with van der Waals surface area (Å²) in [6, 6.07) is 10.7. The number of methoxy groups -OCH3 is 1. The molecule has 1 N–H and O–H groups in total. The van der Waals surface area contributed by atoms with Crippen LogP contribution in [0.1, 0.15) is 5.56 Å². The summed E-state index contributed by atoms with van der Waals surface area (Å²) >= 11 is 0. The molecule has 0 fully saturated rings. The Hall–Kier alpha value is -2.07. The van der Waals surface area contributed by atoms with Crippen LogP contribution in [-0.4, -0.2) is 17.2 Å². The van der Waals surface area contributed by atoms with Gasteiger partial charge in [-0.1, -0.05) is 12.1 Å². The van der Waals surface area contributed by atoms with Gasteiger partial charge in [0.25, 0.3) is 0 Å². The van der Waals surface area contributed by atoms with Gasteiger partial charge in [0.15, 0.2) is 0 Å². The zero-order valence-electron chi connectivity index (χ0n) is 9.46. The molecule has 2 aromatic rings. The number of pyridine rings is 1. The van der Waals surface area contributed by atoms with Crippen molar-refractivity contribution in [2.75, 3.05) is 7.11 Å². The Morgan fingerprint density at radius 3 is 2.29 bits per heavy atom. The first-order valence-corrected chi connectivity index (χ1v) is 5.19. The fourth-order valence-corrected chi connectivity index (χ4v) is 1.33. The summed E-state index contributed by atoms with van der Waals surface area (Å²) in [7, 11) is 1.59. The second-order valence-corrected chi connectivity index (χ2v) is 3.44. The highest BCUT2D eigenvalue weighted by Crippen LogP contribution is 2.21. The van der Waals surface area contributed by atoms with E-state index in [9.17, 15) is 0 Å². The molecule has 0 radical (unpaired) electrons. The highest BCUT2D eigenvalue weighted by Gasteiger charge is 1.99. The lowest BCUT2D eigenvalue weighted by molar-refractivity contribution is 0.281. The molecule has 0 aliphatic heterocycles. The standard InChI is InChI=1S/C13H13NO3/c1-16-12-6-7-13(14-8-12)17-11-4-2-10(9-15)3-5-11/h2-8,15H,9H2,1H3. The van der Waals surface area contributed by atoms with Gasteiger partial charge in [-0.3, -0.25) is 0 Å². The van der Waals surface area contributed by atoms with E-state index in [0.717, 1.165) is 5.56 Å². The molecule has 0 saturated carbocycles. The normalized spacial score (nSPS) is 10.0. The predicted molar refractivity (Wildman–Crippen MR) is 63.2 cm³/mol. The number of hydrogen-bond donors (Lipinski definition) is 1. The molecule has 1 heterocycles. The molecule has 0 bridgehead atoms. The Morgan fingerprint density at radius 2 is 1.76 bits per heavy atom. The highest BCUT2D eigenvalue weighted by molar-refractivity contribution is 5.31. The van der Waals surface area contributed by atoms with Crippen LogP contribution >= 0.6 is 0 Å². The van der Waals surface area contributed by atoms with E-state index in [4.69, 9.17) is 14.6 Å². The molecule has 0 aliphatic carbocycles. The van der Waals surface area contributed by atoms with Crippen LogP contribution in [0.3, 0.4) is 0 Å². The third-order valence-electron chi connectivity index (χ3n) is 2.27. The maximum absolute atomic E-state index is 8.91. The second-order valence-electron chi connectivity index (χ2n) is 3.44. The van der Waals surface area contributed by atoms with Crippen molar-refractivity contribution < 1.29 is 14.6 Å². The van der Waals surface area contributed by atoms with Crippen molar-refractivity contribution in [1.82, 2.24) is 4.98 Å². The van der Waals surface area contributed by atoms with Crippen molar-refractivity contribution in [3.8, 4) is 17.4 Å². The van der Waals surface area contributed by atoms with E-state index in [1.54, 1.807) is 49.7 Å². The number of aromatic nitrogens is 1. The number of aliphatic hydroxyl groups excluding tert-OH is 1. The van der Waals surface area contributed by atoms with Gasteiger partial charge < -0.3 is 14.6 Å². The summed E-state index contributed by atoms with van der Waals surface area (Å²) in [5.41, 5.74) is 0.847. The first-order chi connectivity index (χ1) is 8.31. The smallest absolute Gasteiger partial charge is 0.219 e. The number of rotatable bonds is 4. The van der Waals surface area contributed by atoms with Gasteiger partial charge in [-0.15, -0.1) is 0 Å². The van der Waals surface area contributed by atoms with Crippen molar-refractivity contribution in [1.29, 1.82) is 0 Å². The summed E-state index contributed by atoms with van der Waals surface area (Å²) in [6.45, 7) is 0.0288. The monoisotopic (exact) mass is 231 g/mol. The van der Waals surface area contributed by atoms with Gasteiger partial charge in [-0.2, -0.15) is 0 Å². The van der Waals surface area contributed by atoms with E-state index < -0.39 is 0 Å². The zero-order chi connectivity index (χ0) is 12.1. The maximum atomic E-state index is 8.91. The molecular weight excluding hydrogens is 218 g/mol. The molecule has 0 unspecified atom stereocenters. The Labute approximate surface area is 99.5 Å². The summed E-state index contributed by atoms with van der Waals surface area (Å²) in [6.07, 6.45) is 1.59. The number of benzene rings is 1. The first kappa shape index (κ1) is 11.4. The van der Waals surface area contributed by atoms with Gasteiger partial charge in [-0.25, -0.2) is 4.98 Å². The Balaban J connectivity index is 2.08. The minimum absolute atomic E-state index is 0.0288. The van der Waals surface area contributed by atoms with Crippen LogP contribution in [0.5, 0.6) is 17.4 Å². The molecule has 1 aromatic heterocycles. The van der Waals surface area contributed by atoms with Crippen LogP contribution in [-0.2, 0) is 6.61 Å². The quantitative estimate of drug-likeness (QED) is 0.877. The minimum atomic E-state index is 0.0288. The molecule has 88 valence electrons. The van der Waals surface area contributed by atoms with Crippen molar-refractivity contribution in [2.24, 2.45) is 0 Å². The van der Waals surface area contributed by atoms with E-state index in [-0.39, 0.29) is 6.61 Å². The fraction of sp³-hybridized carbons (Fsp3) is 0.154. The Kier molecular flexibility index (Phi) is 3.57. The van der Waals surface area contributed by atoms with E-state index in [1.165, 1.54) is 0 Å². The van der Waals surface area contributed by atoms with Crippen LogP contribution in [0.4, 0.5) is 0 Å². The molecule has 4 heteroatoms. The van der Waals surface area contributed by atoms with Gasteiger partial charge in [0.05, 0.1) is 19.9 Å². The molecule has 1 aromatic carbocycles. The average Bonchev–Trinajstić information content (AvgIpc) is 2.40. The van der Waals surface area contributed by atoms with E-state index in [1.807, 2.05) is 0 Å². The summed E-state index contributed by atoms with van der Waals surface area (Å²) in [5.74, 6) is 1.87.